The SMILES string of the molecule is FCc1ccc(I)cn1. The fourth-order valence-corrected chi connectivity index (χ4v) is 0.805. The van der Waals surface area contributed by atoms with Crippen LogP contribution in [0.25, 0.3) is 0 Å². The van der Waals surface area contributed by atoms with Crippen molar-refractivity contribution in [3.8, 4) is 0 Å². The molecule has 0 aliphatic carbocycles. The summed E-state index contributed by atoms with van der Waals surface area (Å²) < 4.78 is 12.8. The van der Waals surface area contributed by atoms with Crippen LogP contribution in [0.3, 0.4) is 0 Å². The van der Waals surface area contributed by atoms with Gasteiger partial charge < -0.3 is 0 Å². The highest BCUT2D eigenvalue weighted by Gasteiger charge is 1.89. The molecule has 0 saturated heterocycles. The smallest absolute Gasteiger partial charge is 0.131 e. The van der Waals surface area contributed by atoms with Crippen molar-refractivity contribution >= 4 is 22.6 Å². The first kappa shape index (κ1) is 6.92. The lowest BCUT2D eigenvalue weighted by Gasteiger charge is -1.90. The minimum absolute atomic E-state index is 0.475. The van der Waals surface area contributed by atoms with Gasteiger partial charge in [-0.1, -0.05) is 0 Å². The van der Waals surface area contributed by atoms with Crippen molar-refractivity contribution in [1.82, 2.24) is 4.98 Å². The minimum atomic E-state index is -0.475. The lowest BCUT2D eigenvalue weighted by molar-refractivity contribution is 0.476. The summed E-state index contributed by atoms with van der Waals surface area (Å²) in [7, 11) is 0. The Bertz CT molecular complexity index is 185. The van der Waals surface area contributed by atoms with Crippen molar-refractivity contribution in [3.63, 3.8) is 0 Å². The second-order valence-electron chi connectivity index (χ2n) is 1.60. The highest BCUT2D eigenvalue weighted by Crippen LogP contribution is 2.03. The van der Waals surface area contributed by atoms with Crippen molar-refractivity contribution < 1.29 is 4.39 Å². The van der Waals surface area contributed by atoms with Crippen LogP contribution >= 0.6 is 22.6 Å². The van der Waals surface area contributed by atoms with Gasteiger partial charge in [-0.3, -0.25) is 4.98 Å². The summed E-state index contributed by atoms with van der Waals surface area (Å²) in [6.07, 6.45) is 1.65. The number of hydrogen-bond acceptors (Lipinski definition) is 1. The number of aromatic nitrogens is 1. The zero-order valence-electron chi connectivity index (χ0n) is 4.64. The van der Waals surface area contributed by atoms with Gasteiger partial charge in [0.1, 0.15) is 6.67 Å². The van der Waals surface area contributed by atoms with Gasteiger partial charge in [0.15, 0.2) is 0 Å². The van der Waals surface area contributed by atoms with Gasteiger partial charge in [-0.05, 0) is 34.7 Å². The van der Waals surface area contributed by atoms with Crippen molar-refractivity contribution in [3.05, 3.63) is 27.6 Å². The standard InChI is InChI=1S/C6H5FIN/c7-3-6-2-1-5(8)4-9-6/h1-2,4H,3H2. The summed E-state index contributed by atoms with van der Waals surface area (Å²) >= 11 is 2.13. The monoisotopic (exact) mass is 237 g/mol. The average Bonchev–Trinajstić information content (AvgIpc) is 1.90. The Morgan fingerprint density at radius 3 is 2.78 bits per heavy atom. The molecule has 0 amide bonds. The van der Waals surface area contributed by atoms with E-state index in [1.165, 1.54) is 0 Å². The van der Waals surface area contributed by atoms with E-state index in [9.17, 15) is 4.39 Å². The van der Waals surface area contributed by atoms with Gasteiger partial charge in [-0.15, -0.1) is 0 Å². The number of alkyl halides is 1. The van der Waals surface area contributed by atoms with Crippen LogP contribution in [-0.4, -0.2) is 4.98 Å². The van der Waals surface area contributed by atoms with E-state index < -0.39 is 6.67 Å². The molecule has 0 N–H and O–H groups in total. The average molecular weight is 237 g/mol. The zero-order chi connectivity index (χ0) is 6.69. The summed E-state index contributed by atoms with van der Waals surface area (Å²) in [5.74, 6) is 0. The van der Waals surface area contributed by atoms with E-state index in [1.807, 2.05) is 6.07 Å². The molecule has 0 bridgehead atoms. The molecule has 9 heavy (non-hydrogen) atoms. The maximum Gasteiger partial charge on any atom is 0.131 e. The first-order chi connectivity index (χ1) is 4.33. The number of halogens is 2. The van der Waals surface area contributed by atoms with Crippen LogP contribution < -0.4 is 0 Å². The lowest BCUT2D eigenvalue weighted by Crippen LogP contribution is -1.83. The van der Waals surface area contributed by atoms with Crippen LogP contribution in [0.1, 0.15) is 5.69 Å². The topological polar surface area (TPSA) is 12.9 Å². The van der Waals surface area contributed by atoms with Gasteiger partial charge in [0.05, 0.1) is 5.69 Å². The molecule has 1 rings (SSSR count). The molecule has 0 atom stereocenters. The van der Waals surface area contributed by atoms with Crippen molar-refractivity contribution in [2.45, 2.75) is 6.67 Å². The Balaban J connectivity index is 2.88. The van der Waals surface area contributed by atoms with Gasteiger partial charge in [0.25, 0.3) is 0 Å². The quantitative estimate of drug-likeness (QED) is 0.682. The Kier molecular flexibility index (Phi) is 2.38. The highest BCUT2D eigenvalue weighted by atomic mass is 127. The first-order valence-corrected chi connectivity index (χ1v) is 3.57. The van der Waals surface area contributed by atoms with Crippen LogP contribution in [0.15, 0.2) is 18.3 Å². The van der Waals surface area contributed by atoms with E-state index in [-0.39, 0.29) is 0 Å². The molecule has 0 saturated carbocycles. The molecule has 0 aliphatic rings. The van der Waals surface area contributed by atoms with Crippen molar-refractivity contribution in [2.24, 2.45) is 0 Å². The number of nitrogens with zero attached hydrogens (tertiary/aromatic N) is 1. The molecule has 1 heterocycles. The number of rotatable bonds is 1. The van der Waals surface area contributed by atoms with Crippen LogP contribution in [0.5, 0.6) is 0 Å². The van der Waals surface area contributed by atoms with E-state index in [4.69, 9.17) is 0 Å². The second-order valence-corrected chi connectivity index (χ2v) is 2.85. The fourth-order valence-electron chi connectivity index (χ4n) is 0.485. The Labute approximate surface area is 66.4 Å². The molecule has 1 nitrogen and oxygen atoms in total. The third-order valence-electron chi connectivity index (χ3n) is 0.926. The van der Waals surface area contributed by atoms with Crippen LogP contribution in [-0.2, 0) is 6.67 Å². The van der Waals surface area contributed by atoms with Gasteiger partial charge in [-0.2, -0.15) is 0 Å². The molecule has 0 spiro atoms. The molecule has 3 heteroatoms. The number of pyridine rings is 1. The molecule has 0 aliphatic heterocycles. The van der Waals surface area contributed by atoms with E-state index in [0.29, 0.717) is 5.69 Å². The summed E-state index contributed by atoms with van der Waals surface area (Å²) in [4.78, 5) is 3.81. The highest BCUT2D eigenvalue weighted by molar-refractivity contribution is 14.1. The predicted octanol–water partition coefficient (Wildman–Crippen LogP) is 2.16. The Morgan fingerprint density at radius 2 is 2.33 bits per heavy atom. The summed E-state index contributed by atoms with van der Waals surface area (Å²) in [6, 6.07) is 3.52. The maximum atomic E-state index is 11.8. The zero-order valence-corrected chi connectivity index (χ0v) is 6.80. The first-order valence-electron chi connectivity index (χ1n) is 2.49. The van der Waals surface area contributed by atoms with Crippen LogP contribution in [0.4, 0.5) is 4.39 Å². The van der Waals surface area contributed by atoms with E-state index in [1.54, 1.807) is 12.3 Å². The molecule has 0 radical (unpaired) electrons. The van der Waals surface area contributed by atoms with E-state index in [2.05, 4.69) is 27.6 Å². The van der Waals surface area contributed by atoms with Crippen LogP contribution in [0.2, 0.25) is 0 Å². The molecule has 1 aromatic heterocycles. The lowest BCUT2D eigenvalue weighted by atomic mass is 10.4. The Morgan fingerprint density at radius 1 is 1.56 bits per heavy atom. The molecule has 1 aromatic rings. The van der Waals surface area contributed by atoms with Gasteiger partial charge in [0, 0.05) is 9.77 Å². The van der Waals surface area contributed by atoms with Gasteiger partial charge in [-0.25, -0.2) is 4.39 Å². The van der Waals surface area contributed by atoms with Gasteiger partial charge in [0.2, 0.25) is 0 Å². The molecule has 0 fully saturated rings. The third kappa shape index (κ3) is 1.89. The van der Waals surface area contributed by atoms with E-state index in [0.717, 1.165) is 3.57 Å². The summed E-state index contributed by atoms with van der Waals surface area (Å²) in [6.45, 7) is -0.475. The van der Waals surface area contributed by atoms with Crippen LogP contribution in [0, 0.1) is 3.57 Å². The predicted molar refractivity (Wildman–Crippen MR) is 41.8 cm³/mol. The normalized spacial score (nSPS) is 9.56. The minimum Gasteiger partial charge on any atom is -0.257 e. The van der Waals surface area contributed by atoms with Gasteiger partial charge >= 0.3 is 0 Å². The van der Waals surface area contributed by atoms with E-state index >= 15 is 0 Å². The molecule has 48 valence electrons. The largest absolute Gasteiger partial charge is 0.257 e. The molecule has 0 unspecified atom stereocenters. The summed E-state index contributed by atoms with van der Waals surface area (Å²) in [5.41, 5.74) is 0.496. The third-order valence-corrected chi connectivity index (χ3v) is 1.56. The molecule has 0 aromatic carbocycles. The van der Waals surface area contributed by atoms with Crippen molar-refractivity contribution in [1.29, 1.82) is 0 Å². The maximum absolute atomic E-state index is 11.8. The number of hydrogen-bond donors (Lipinski definition) is 0. The van der Waals surface area contributed by atoms with Crippen molar-refractivity contribution in [2.75, 3.05) is 0 Å². The fraction of sp³-hybridized carbons (Fsp3) is 0.167. The second kappa shape index (κ2) is 3.10. The summed E-state index contributed by atoms with van der Waals surface area (Å²) in [5, 5.41) is 0. The molecular formula is C6H5FIN. The Hall–Kier alpha value is -0.190. The molecular weight excluding hydrogens is 232 g/mol.